The first-order chi connectivity index (χ1) is 12.2. The Morgan fingerprint density at radius 2 is 1.85 bits per heavy atom. The highest BCUT2D eigenvalue weighted by Gasteiger charge is 2.62. The van der Waals surface area contributed by atoms with Crippen LogP contribution in [0.4, 0.5) is 17.6 Å². The Morgan fingerprint density at radius 1 is 1.15 bits per heavy atom. The van der Waals surface area contributed by atoms with E-state index < -0.39 is 24.0 Å². The van der Waals surface area contributed by atoms with Gasteiger partial charge in [0.15, 0.2) is 0 Å². The fourth-order valence-electron chi connectivity index (χ4n) is 3.05. The molecule has 26 heavy (non-hydrogen) atoms. The molecular weight excluding hydrogens is 350 g/mol. The van der Waals surface area contributed by atoms with E-state index in [2.05, 4.69) is 5.16 Å². The van der Waals surface area contributed by atoms with Crippen molar-refractivity contribution in [1.82, 2.24) is 0 Å². The standard InChI is InChI=1S/C19H17F4NO2/c1-12-7-13(11-25-2)9-15(8-12)18(19(21,22)23)10-17(24-26-18)14-3-5-16(20)6-4-14/h3-9H,10-11H2,1-2H3. The SMILES string of the molecule is COCc1cc(C)cc(C2(C(F)(F)F)CC(c3ccc(F)cc3)=NO2)c1. The lowest BCUT2D eigenvalue weighted by molar-refractivity contribution is -0.275. The number of hydrogen-bond acceptors (Lipinski definition) is 3. The number of hydrogen-bond donors (Lipinski definition) is 0. The molecule has 0 saturated carbocycles. The van der Waals surface area contributed by atoms with E-state index in [0.717, 1.165) is 0 Å². The minimum absolute atomic E-state index is 0.0297. The number of rotatable bonds is 4. The van der Waals surface area contributed by atoms with E-state index in [1.165, 1.54) is 43.5 Å². The quantitative estimate of drug-likeness (QED) is 0.723. The monoisotopic (exact) mass is 367 g/mol. The Bertz CT molecular complexity index is 830. The fourth-order valence-corrected chi connectivity index (χ4v) is 3.05. The summed E-state index contributed by atoms with van der Waals surface area (Å²) in [6.45, 7) is 1.90. The van der Waals surface area contributed by atoms with Crippen LogP contribution < -0.4 is 0 Å². The second-order valence-corrected chi connectivity index (χ2v) is 6.28. The molecule has 0 bridgehead atoms. The predicted octanol–water partition coefficient (Wildman–Crippen LogP) is 4.86. The largest absolute Gasteiger partial charge is 0.435 e. The van der Waals surface area contributed by atoms with Crippen molar-refractivity contribution < 1.29 is 27.1 Å². The number of halogens is 4. The summed E-state index contributed by atoms with van der Waals surface area (Å²) in [4.78, 5) is 5.00. The highest BCUT2D eigenvalue weighted by Crippen LogP contribution is 2.49. The number of aryl methyl sites for hydroxylation is 1. The van der Waals surface area contributed by atoms with Crippen molar-refractivity contribution in [2.45, 2.75) is 31.7 Å². The van der Waals surface area contributed by atoms with Gasteiger partial charge in [-0.3, -0.25) is 0 Å². The van der Waals surface area contributed by atoms with Crippen molar-refractivity contribution in [2.75, 3.05) is 7.11 Å². The second-order valence-electron chi connectivity index (χ2n) is 6.28. The van der Waals surface area contributed by atoms with Gasteiger partial charge >= 0.3 is 6.18 Å². The van der Waals surface area contributed by atoms with Gasteiger partial charge in [0.25, 0.3) is 5.60 Å². The summed E-state index contributed by atoms with van der Waals surface area (Å²) < 4.78 is 60.2. The van der Waals surface area contributed by atoms with E-state index in [1.807, 2.05) is 0 Å². The Labute approximate surface area is 148 Å². The first-order valence-electron chi connectivity index (χ1n) is 7.93. The zero-order chi connectivity index (χ0) is 18.9. The van der Waals surface area contributed by atoms with Gasteiger partial charge in [0, 0.05) is 19.1 Å². The van der Waals surface area contributed by atoms with E-state index in [-0.39, 0.29) is 17.9 Å². The zero-order valence-corrected chi connectivity index (χ0v) is 14.2. The summed E-state index contributed by atoms with van der Waals surface area (Å²) in [5.41, 5.74) is -0.815. The molecule has 1 aliphatic rings. The van der Waals surface area contributed by atoms with Gasteiger partial charge in [-0.05, 0) is 36.2 Å². The molecule has 0 aliphatic carbocycles. The molecular formula is C19H17F4NO2. The lowest BCUT2D eigenvalue weighted by Crippen LogP contribution is -2.42. The maximum atomic E-state index is 14.0. The van der Waals surface area contributed by atoms with Crippen LogP contribution in [0.3, 0.4) is 0 Å². The summed E-state index contributed by atoms with van der Waals surface area (Å²) in [6.07, 6.45) is -5.17. The van der Waals surface area contributed by atoms with Crippen LogP contribution in [0.1, 0.15) is 28.7 Å². The lowest BCUT2D eigenvalue weighted by Gasteiger charge is -2.30. The minimum Gasteiger partial charge on any atom is -0.380 e. The molecule has 2 aromatic rings. The number of benzene rings is 2. The van der Waals surface area contributed by atoms with Crippen molar-refractivity contribution >= 4 is 5.71 Å². The highest BCUT2D eigenvalue weighted by molar-refractivity contribution is 6.01. The maximum absolute atomic E-state index is 14.0. The van der Waals surface area contributed by atoms with Crippen LogP contribution in [0.5, 0.6) is 0 Å². The third-order valence-corrected chi connectivity index (χ3v) is 4.28. The Morgan fingerprint density at radius 3 is 2.46 bits per heavy atom. The third kappa shape index (κ3) is 3.31. The van der Waals surface area contributed by atoms with Gasteiger partial charge in [-0.1, -0.05) is 35.0 Å². The van der Waals surface area contributed by atoms with E-state index in [4.69, 9.17) is 9.57 Å². The van der Waals surface area contributed by atoms with Crippen molar-refractivity contribution in [3.05, 3.63) is 70.5 Å². The highest BCUT2D eigenvalue weighted by atomic mass is 19.4. The molecule has 0 radical (unpaired) electrons. The molecule has 0 N–H and O–H groups in total. The summed E-state index contributed by atoms with van der Waals surface area (Å²) >= 11 is 0. The van der Waals surface area contributed by atoms with E-state index in [9.17, 15) is 17.6 Å². The van der Waals surface area contributed by atoms with Crippen LogP contribution in [0.25, 0.3) is 0 Å². The molecule has 0 spiro atoms. The Balaban J connectivity index is 2.02. The van der Waals surface area contributed by atoms with Crippen molar-refractivity contribution in [3.63, 3.8) is 0 Å². The van der Waals surface area contributed by atoms with E-state index in [0.29, 0.717) is 16.7 Å². The van der Waals surface area contributed by atoms with E-state index in [1.54, 1.807) is 13.0 Å². The molecule has 0 saturated heterocycles. The Hall–Kier alpha value is -2.41. The van der Waals surface area contributed by atoms with Crippen LogP contribution in [-0.2, 0) is 21.8 Å². The molecule has 0 fully saturated rings. The molecule has 3 nitrogen and oxygen atoms in total. The van der Waals surface area contributed by atoms with Crippen LogP contribution in [0.2, 0.25) is 0 Å². The smallest absolute Gasteiger partial charge is 0.380 e. The van der Waals surface area contributed by atoms with Gasteiger partial charge in [0.1, 0.15) is 5.82 Å². The number of methoxy groups -OCH3 is 1. The van der Waals surface area contributed by atoms with Gasteiger partial charge in [-0.25, -0.2) is 4.39 Å². The molecule has 1 atom stereocenters. The number of oxime groups is 1. The molecule has 2 aromatic carbocycles. The summed E-state index contributed by atoms with van der Waals surface area (Å²) in [5, 5.41) is 3.68. The van der Waals surface area contributed by atoms with Gasteiger partial charge in [0.05, 0.1) is 12.3 Å². The molecule has 0 amide bonds. The number of alkyl halides is 3. The fraction of sp³-hybridized carbons (Fsp3) is 0.316. The lowest BCUT2D eigenvalue weighted by atomic mass is 9.85. The van der Waals surface area contributed by atoms with Crippen LogP contribution >= 0.6 is 0 Å². The van der Waals surface area contributed by atoms with Gasteiger partial charge in [-0.2, -0.15) is 13.2 Å². The Kier molecular flexibility index (Phi) is 4.75. The molecule has 1 unspecified atom stereocenters. The van der Waals surface area contributed by atoms with Crippen molar-refractivity contribution in [3.8, 4) is 0 Å². The van der Waals surface area contributed by atoms with Crippen LogP contribution in [-0.4, -0.2) is 19.0 Å². The first-order valence-corrected chi connectivity index (χ1v) is 7.93. The predicted molar refractivity (Wildman–Crippen MR) is 88.3 cm³/mol. The average molecular weight is 367 g/mol. The van der Waals surface area contributed by atoms with Crippen molar-refractivity contribution in [1.29, 1.82) is 0 Å². The first kappa shape index (κ1) is 18.4. The molecule has 0 aromatic heterocycles. The van der Waals surface area contributed by atoms with Gasteiger partial charge in [-0.15, -0.1) is 0 Å². The average Bonchev–Trinajstić information content (AvgIpc) is 3.02. The van der Waals surface area contributed by atoms with Crippen LogP contribution in [0, 0.1) is 12.7 Å². The molecule has 7 heteroatoms. The van der Waals surface area contributed by atoms with Crippen LogP contribution in [0.15, 0.2) is 47.6 Å². The number of nitrogens with zero attached hydrogens (tertiary/aromatic N) is 1. The molecule has 3 rings (SSSR count). The molecule has 1 aliphatic heterocycles. The zero-order valence-electron chi connectivity index (χ0n) is 14.2. The van der Waals surface area contributed by atoms with Gasteiger partial charge < -0.3 is 9.57 Å². The summed E-state index contributed by atoms with van der Waals surface area (Å²) in [6, 6.07) is 9.74. The minimum atomic E-state index is -4.68. The molecule has 138 valence electrons. The van der Waals surface area contributed by atoms with Crippen molar-refractivity contribution in [2.24, 2.45) is 5.16 Å². The van der Waals surface area contributed by atoms with Gasteiger partial charge in [0.2, 0.25) is 0 Å². The molecule has 1 heterocycles. The maximum Gasteiger partial charge on any atom is 0.435 e. The third-order valence-electron chi connectivity index (χ3n) is 4.28. The summed E-state index contributed by atoms with van der Waals surface area (Å²) in [5.74, 6) is -0.474. The van der Waals surface area contributed by atoms with E-state index >= 15 is 0 Å². The topological polar surface area (TPSA) is 30.8 Å². The number of ether oxygens (including phenoxy) is 1. The normalized spacial score (nSPS) is 20.0. The second kappa shape index (κ2) is 6.72. The summed E-state index contributed by atoms with van der Waals surface area (Å²) in [7, 11) is 1.48.